The second-order valence-corrected chi connectivity index (χ2v) is 7.26. The first-order chi connectivity index (χ1) is 12.1. The molecule has 2 N–H and O–H groups in total. The molecule has 1 saturated carbocycles. The second-order valence-electron chi connectivity index (χ2n) is 7.26. The van der Waals surface area contributed by atoms with Crippen LogP contribution in [0.4, 0.5) is 5.69 Å². The largest absolute Gasteiger partial charge is 0.385 e. The minimum atomic E-state index is 0.398. The lowest BCUT2D eigenvalue weighted by molar-refractivity contribution is 0.0732. The summed E-state index contributed by atoms with van der Waals surface area (Å²) < 4.78 is 5.27. The molecular formula is C20H34N4O. The first-order valence-electron chi connectivity index (χ1n) is 9.28. The van der Waals surface area contributed by atoms with Crippen LogP contribution < -0.4 is 15.5 Å². The van der Waals surface area contributed by atoms with Gasteiger partial charge in [0.2, 0.25) is 0 Å². The molecule has 140 valence electrons. The Morgan fingerprint density at radius 1 is 1.20 bits per heavy atom. The molecule has 0 unspecified atom stereocenters. The predicted molar refractivity (Wildman–Crippen MR) is 107 cm³/mol. The quantitative estimate of drug-likeness (QED) is 0.533. The van der Waals surface area contributed by atoms with E-state index in [2.05, 4.69) is 58.9 Å². The van der Waals surface area contributed by atoms with E-state index in [1.807, 2.05) is 7.05 Å². The standard InChI is InChI=1S/C20H34N4O/c1-21-19(23-16-20(11-5-12-20)13-15-25-4)22-14-10-17-6-8-18(9-7-17)24(2)3/h6-9H,5,10-16H2,1-4H3,(H2,21,22,23). The Labute approximate surface area is 152 Å². The zero-order valence-electron chi connectivity index (χ0n) is 16.3. The fourth-order valence-corrected chi connectivity index (χ4v) is 3.29. The Morgan fingerprint density at radius 3 is 2.44 bits per heavy atom. The average molecular weight is 347 g/mol. The number of aliphatic imine (C=N–C) groups is 1. The molecule has 5 nitrogen and oxygen atoms in total. The maximum Gasteiger partial charge on any atom is 0.191 e. The van der Waals surface area contributed by atoms with E-state index in [0.717, 1.165) is 38.5 Å². The number of nitrogens with one attached hydrogen (secondary N) is 2. The van der Waals surface area contributed by atoms with Crippen LogP contribution in [0.3, 0.4) is 0 Å². The molecule has 0 spiro atoms. The van der Waals surface area contributed by atoms with Gasteiger partial charge in [0, 0.05) is 53.6 Å². The lowest BCUT2D eigenvalue weighted by atomic mass is 9.67. The molecule has 0 saturated heterocycles. The summed E-state index contributed by atoms with van der Waals surface area (Å²) in [7, 11) is 7.75. The Bertz CT molecular complexity index is 535. The highest BCUT2D eigenvalue weighted by molar-refractivity contribution is 5.79. The molecule has 0 heterocycles. The molecule has 1 aromatic carbocycles. The molecule has 0 bridgehead atoms. The molecule has 0 atom stereocenters. The van der Waals surface area contributed by atoms with E-state index in [1.54, 1.807) is 7.11 Å². The van der Waals surface area contributed by atoms with Gasteiger partial charge < -0.3 is 20.3 Å². The summed E-state index contributed by atoms with van der Waals surface area (Å²) in [6, 6.07) is 8.72. The van der Waals surface area contributed by atoms with Gasteiger partial charge in [0.15, 0.2) is 5.96 Å². The van der Waals surface area contributed by atoms with Gasteiger partial charge in [-0.1, -0.05) is 18.6 Å². The van der Waals surface area contributed by atoms with Crippen molar-refractivity contribution in [2.24, 2.45) is 10.4 Å². The van der Waals surface area contributed by atoms with Gasteiger partial charge in [-0.15, -0.1) is 0 Å². The molecule has 0 aliphatic heterocycles. The van der Waals surface area contributed by atoms with Gasteiger partial charge >= 0.3 is 0 Å². The Morgan fingerprint density at radius 2 is 1.92 bits per heavy atom. The van der Waals surface area contributed by atoms with Crippen LogP contribution in [-0.2, 0) is 11.2 Å². The van der Waals surface area contributed by atoms with Crippen molar-refractivity contribution in [1.82, 2.24) is 10.6 Å². The molecule has 1 aliphatic carbocycles. The predicted octanol–water partition coefficient (Wildman–Crippen LogP) is 2.67. The van der Waals surface area contributed by atoms with Crippen molar-refractivity contribution in [2.75, 3.05) is 52.8 Å². The van der Waals surface area contributed by atoms with Crippen LogP contribution in [0.2, 0.25) is 0 Å². The van der Waals surface area contributed by atoms with Crippen LogP contribution in [0.15, 0.2) is 29.3 Å². The number of guanidine groups is 1. The van der Waals surface area contributed by atoms with E-state index in [4.69, 9.17) is 4.74 Å². The smallest absolute Gasteiger partial charge is 0.191 e. The van der Waals surface area contributed by atoms with Crippen molar-refractivity contribution >= 4 is 11.6 Å². The number of hydrogen-bond donors (Lipinski definition) is 2. The minimum absolute atomic E-state index is 0.398. The summed E-state index contributed by atoms with van der Waals surface area (Å²) in [5.41, 5.74) is 2.97. The summed E-state index contributed by atoms with van der Waals surface area (Å²) in [6.07, 6.45) is 6.03. The first-order valence-corrected chi connectivity index (χ1v) is 9.28. The molecular weight excluding hydrogens is 312 g/mol. The van der Waals surface area contributed by atoms with E-state index in [0.29, 0.717) is 5.41 Å². The van der Waals surface area contributed by atoms with Crippen molar-refractivity contribution in [3.8, 4) is 0 Å². The number of anilines is 1. The maximum atomic E-state index is 5.27. The molecule has 0 aromatic heterocycles. The van der Waals surface area contributed by atoms with E-state index >= 15 is 0 Å². The molecule has 0 amide bonds. The molecule has 25 heavy (non-hydrogen) atoms. The number of ether oxygens (including phenoxy) is 1. The Balaban J connectivity index is 1.73. The molecule has 2 rings (SSSR count). The summed E-state index contributed by atoms with van der Waals surface area (Å²) in [4.78, 5) is 6.47. The van der Waals surface area contributed by atoms with Crippen LogP contribution >= 0.6 is 0 Å². The highest BCUT2D eigenvalue weighted by atomic mass is 16.5. The normalized spacial score (nSPS) is 16.2. The number of nitrogens with zero attached hydrogens (tertiary/aromatic N) is 2. The summed E-state index contributed by atoms with van der Waals surface area (Å²) in [6.45, 7) is 2.70. The van der Waals surface area contributed by atoms with Crippen molar-refractivity contribution in [3.63, 3.8) is 0 Å². The highest BCUT2D eigenvalue weighted by Gasteiger charge is 2.36. The van der Waals surface area contributed by atoms with Crippen LogP contribution in [-0.4, -0.2) is 53.9 Å². The molecule has 1 aliphatic rings. The lowest BCUT2D eigenvalue weighted by Gasteiger charge is -2.42. The van der Waals surface area contributed by atoms with E-state index in [9.17, 15) is 0 Å². The van der Waals surface area contributed by atoms with E-state index in [1.165, 1.54) is 30.5 Å². The third kappa shape index (κ3) is 5.92. The number of rotatable bonds is 9. The van der Waals surface area contributed by atoms with E-state index in [-0.39, 0.29) is 0 Å². The van der Waals surface area contributed by atoms with Crippen LogP contribution in [0.5, 0.6) is 0 Å². The highest BCUT2D eigenvalue weighted by Crippen LogP contribution is 2.43. The van der Waals surface area contributed by atoms with Crippen LogP contribution in [0.25, 0.3) is 0 Å². The minimum Gasteiger partial charge on any atom is -0.385 e. The van der Waals surface area contributed by atoms with Gasteiger partial charge in [-0.25, -0.2) is 0 Å². The fraction of sp³-hybridized carbons (Fsp3) is 0.650. The SMILES string of the molecule is CN=C(NCCc1ccc(N(C)C)cc1)NCC1(CCOC)CCC1. The van der Waals surface area contributed by atoms with Crippen molar-refractivity contribution in [2.45, 2.75) is 32.1 Å². The third-order valence-electron chi connectivity index (χ3n) is 5.26. The Hall–Kier alpha value is -1.75. The lowest BCUT2D eigenvalue weighted by Crippen LogP contribution is -2.47. The molecule has 5 heteroatoms. The van der Waals surface area contributed by atoms with Crippen molar-refractivity contribution in [1.29, 1.82) is 0 Å². The van der Waals surface area contributed by atoms with Crippen LogP contribution in [0, 0.1) is 5.41 Å². The number of hydrogen-bond acceptors (Lipinski definition) is 3. The van der Waals surface area contributed by atoms with Gasteiger partial charge in [-0.05, 0) is 48.8 Å². The average Bonchev–Trinajstić information content (AvgIpc) is 2.59. The zero-order valence-corrected chi connectivity index (χ0v) is 16.3. The Kier molecular flexibility index (Phi) is 7.56. The van der Waals surface area contributed by atoms with Gasteiger partial charge in [0.25, 0.3) is 0 Å². The summed E-state index contributed by atoms with van der Waals surface area (Å²) in [5.74, 6) is 0.897. The fourth-order valence-electron chi connectivity index (χ4n) is 3.29. The van der Waals surface area contributed by atoms with Gasteiger partial charge in [-0.2, -0.15) is 0 Å². The second kappa shape index (κ2) is 9.66. The number of benzene rings is 1. The first kappa shape index (κ1) is 19.6. The zero-order chi connectivity index (χ0) is 18.1. The molecule has 1 aromatic rings. The van der Waals surface area contributed by atoms with Gasteiger partial charge in [-0.3, -0.25) is 4.99 Å². The topological polar surface area (TPSA) is 48.9 Å². The summed E-state index contributed by atoms with van der Waals surface area (Å²) >= 11 is 0. The van der Waals surface area contributed by atoms with Crippen molar-refractivity contribution in [3.05, 3.63) is 29.8 Å². The van der Waals surface area contributed by atoms with Crippen molar-refractivity contribution < 1.29 is 4.74 Å². The van der Waals surface area contributed by atoms with Crippen LogP contribution in [0.1, 0.15) is 31.2 Å². The monoisotopic (exact) mass is 346 g/mol. The van der Waals surface area contributed by atoms with Gasteiger partial charge in [0.1, 0.15) is 0 Å². The maximum absolute atomic E-state index is 5.27. The third-order valence-corrected chi connectivity index (χ3v) is 5.26. The summed E-state index contributed by atoms with van der Waals surface area (Å²) in [5, 5.41) is 6.94. The number of methoxy groups -OCH3 is 1. The molecule has 1 fully saturated rings. The molecule has 0 radical (unpaired) electrons. The van der Waals surface area contributed by atoms with E-state index < -0.39 is 0 Å². The van der Waals surface area contributed by atoms with Gasteiger partial charge in [0.05, 0.1) is 0 Å².